The molecule has 0 aromatic heterocycles. The van der Waals surface area contributed by atoms with Gasteiger partial charge in [-0.3, -0.25) is 4.79 Å². The minimum atomic E-state index is -3.21. The molecule has 54 heavy (non-hydrogen) atoms. The van der Waals surface area contributed by atoms with Crippen LogP contribution >= 0.6 is 0 Å². The quantitative estimate of drug-likeness (QED) is 0.0776. The van der Waals surface area contributed by atoms with Gasteiger partial charge in [0.05, 0.1) is 38.6 Å². The standard InChI is InChI=1S/C29H49NO24/c1-7(35)30-13-8(36)2-29(28(46)47,53-23(13)14(38)9(37)3-31)54-24-20(44)27(51-21-11(5-33)48-25(45)18(42)17(21)41)50-12(6-34)22(24)52-26-19(43)16(40)15(39)10(4-32)49-26/h8-27,31-34,36-45H,2-6H2,1H3,(H,30,35)(H,46,47)/t8-,9+,10+,11+,12+,13+,14+,15-,16-,17+,18+,19+,20+,21+,22-,23+,24+,25+,26-,27-,29-/m0/s1. The normalized spacial score (nSPS) is 47.1. The monoisotopic (exact) mass is 795 g/mol. The lowest BCUT2D eigenvalue weighted by atomic mass is 9.88. The van der Waals surface area contributed by atoms with Crippen LogP contribution in [0, 0.1) is 0 Å². The van der Waals surface area contributed by atoms with Gasteiger partial charge in [0, 0.05) is 13.3 Å². The van der Waals surface area contributed by atoms with Gasteiger partial charge in [-0.05, 0) is 0 Å². The van der Waals surface area contributed by atoms with Crippen LogP contribution in [0.1, 0.15) is 13.3 Å². The highest BCUT2D eigenvalue weighted by atomic mass is 16.8. The van der Waals surface area contributed by atoms with Crippen LogP contribution in [0.3, 0.4) is 0 Å². The van der Waals surface area contributed by atoms with Crippen molar-refractivity contribution in [2.45, 2.75) is 142 Å². The lowest BCUT2D eigenvalue weighted by Crippen LogP contribution is -2.71. The van der Waals surface area contributed by atoms with E-state index in [9.17, 15) is 86.2 Å². The first-order chi connectivity index (χ1) is 25.4. The number of carbonyl (C=O) groups excluding carboxylic acids is 1. The summed E-state index contributed by atoms with van der Waals surface area (Å²) >= 11 is 0. The molecule has 4 fully saturated rings. The Labute approximate surface area is 305 Å². The number of aliphatic hydroxyl groups is 14. The van der Waals surface area contributed by atoms with Crippen LogP contribution in [0.25, 0.3) is 0 Å². The van der Waals surface area contributed by atoms with Crippen molar-refractivity contribution in [1.82, 2.24) is 5.32 Å². The van der Waals surface area contributed by atoms with E-state index in [0.717, 1.165) is 6.92 Å². The van der Waals surface area contributed by atoms with Crippen molar-refractivity contribution in [2.75, 3.05) is 26.4 Å². The predicted molar refractivity (Wildman–Crippen MR) is 163 cm³/mol. The number of carbonyl (C=O) groups is 2. The highest BCUT2D eigenvalue weighted by molar-refractivity contribution is 5.76. The van der Waals surface area contributed by atoms with E-state index in [-0.39, 0.29) is 0 Å². The molecule has 4 heterocycles. The molecule has 0 radical (unpaired) electrons. The lowest BCUT2D eigenvalue weighted by molar-refractivity contribution is -0.403. The van der Waals surface area contributed by atoms with Gasteiger partial charge in [-0.1, -0.05) is 0 Å². The van der Waals surface area contributed by atoms with E-state index >= 15 is 0 Å². The third-order valence-electron chi connectivity index (χ3n) is 9.58. The largest absolute Gasteiger partial charge is 0.477 e. The number of carboxylic acids is 1. The maximum Gasteiger partial charge on any atom is 0.364 e. The number of rotatable bonds is 14. The fourth-order valence-corrected chi connectivity index (χ4v) is 6.65. The van der Waals surface area contributed by atoms with Crippen molar-refractivity contribution in [3.05, 3.63) is 0 Å². The molecule has 1 amide bonds. The Morgan fingerprint density at radius 3 is 1.83 bits per heavy atom. The van der Waals surface area contributed by atoms with E-state index < -0.39 is 173 Å². The van der Waals surface area contributed by atoms with Crippen LogP contribution in [-0.4, -0.2) is 243 Å². The zero-order valence-electron chi connectivity index (χ0n) is 28.5. The van der Waals surface area contributed by atoms with Crippen LogP contribution in [0.4, 0.5) is 0 Å². The second-order valence-electron chi connectivity index (χ2n) is 13.3. The molecule has 16 N–H and O–H groups in total. The van der Waals surface area contributed by atoms with Gasteiger partial charge in [-0.2, -0.15) is 0 Å². The third-order valence-corrected chi connectivity index (χ3v) is 9.58. The summed E-state index contributed by atoms with van der Waals surface area (Å²) in [6.45, 7) is -3.13. The number of aliphatic hydroxyl groups excluding tert-OH is 14. The lowest BCUT2D eigenvalue weighted by Gasteiger charge is -2.52. The Bertz CT molecular complexity index is 1230. The second-order valence-corrected chi connectivity index (χ2v) is 13.3. The van der Waals surface area contributed by atoms with Crippen molar-refractivity contribution >= 4 is 11.9 Å². The summed E-state index contributed by atoms with van der Waals surface area (Å²) in [4.78, 5) is 25.0. The number of carboxylic acid groups (broad SMARTS) is 1. The van der Waals surface area contributed by atoms with Crippen LogP contribution < -0.4 is 5.32 Å². The number of nitrogens with one attached hydrogen (secondary N) is 1. The third kappa shape index (κ3) is 9.12. The minimum absolute atomic E-state index is 0.812. The molecule has 0 aliphatic carbocycles. The van der Waals surface area contributed by atoms with Crippen LogP contribution in [0.15, 0.2) is 0 Å². The summed E-state index contributed by atoms with van der Waals surface area (Å²) in [7, 11) is 0. The minimum Gasteiger partial charge on any atom is -0.477 e. The Hall–Kier alpha value is -1.90. The van der Waals surface area contributed by atoms with Gasteiger partial charge in [0.2, 0.25) is 5.91 Å². The topological polar surface area (TPSA) is 414 Å². The molecular weight excluding hydrogens is 746 g/mol. The SMILES string of the molecule is CC(=O)N[C@H]1[C@H]([C@H](O)[C@H](O)CO)O[C@@](O[C@@H]2[C@@H](O)[C@H](O[C@H]3[C@H](O)[C@@H](O)[C@H](O)O[C@@H]3CO)O[C@H](CO)[C@@H]2O[C@@H]2O[C@H](CO)[C@H](O)[C@H](O)[C@H]2O)(C(=O)O)C[C@@H]1O. The molecule has 0 aromatic carbocycles. The average Bonchev–Trinajstić information content (AvgIpc) is 3.13. The zero-order chi connectivity index (χ0) is 40.4. The molecule has 0 spiro atoms. The number of ether oxygens (including phenoxy) is 7. The Morgan fingerprint density at radius 1 is 0.722 bits per heavy atom. The van der Waals surface area contributed by atoms with Crippen molar-refractivity contribution in [1.29, 1.82) is 0 Å². The Balaban J connectivity index is 1.78. The smallest absolute Gasteiger partial charge is 0.364 e. The number of hydrogen-bond acceptors (Lipinski definition) is 23. The zero-order valence-corrected chi connectivity index (χ0v) is 28.5. The average molecular weight is 796 g/mol. The Kier molecular flexibility index (Phi) is 15.4. The Morgan fingerprint density at radius 2 is 1.28 bits per heavy atom. The maximum atomic E-state index is 13.0. The van der Waals surface area contributed by atoms with Gasteiger partial charge in [0.25, 0.3) is 5.79 Å². The number of amides is 1. The van der Waals surface area contributed by atoms with Crippen molar-refractivity contribution in [3.8, 4) is 0 Å². The molecule has 25 heteroatoms. The van der Waals surface area contributed by atoms with E-state index in [1.165, 1.54) is 0 Å². The first-order valence-electron chi connectivity index (χ1n) is 16.7. The summed E-state index contributed by atoms with van der Waals surface area (Å²) in [6, 6.07) is -1.65. The fourth-order valence-electron chi connectivity index (χ4n) is 6.65. The molecule has 4 aliphatic rings. The fraction of sp³-hybridized carbons (Fsp3) is 0.931. The van der Waals surface area contributed by atoms with Crippen LogP contribution in [-0.2, 0) is 42.7 Å². The number of aliphatic carboxylic acids is 1. The van der Waals surface area contributed by atoms with Gasteiger partial charge < -0.3 is 115 Å². The van der Waals surface area contributed by atoms with Crippen LogP contribution in [0.5, 0.6) is 0 Å². The van der Waals surface area contributed by atoms with E-state index in [2.05, 4.69) is 5.32 Å². The molecule has 25 nitrogen and oxygen atoms in total. The van der Waals surface area contributed by atoms with E-state index in [1.54, 1.807) is 0 Å². The van der Waals surface area contributed by atoms with E-state index in [0.29, 0.717) is 0 Å². The van der Waals surface area contributed by atoms with Gasteiger partial charge in [0.15, 0.2) is 18.9 Å². The maximum absolute atomic E-state index is 13.0. The molecule has 314 valence electrons. The van der Waals surface area contributed by atoms with Crippen molar-refractivity contribution < 1.29 is 119 Å². The van der Waals surface area contributed by atoms with Crippen LogP contribution in [0.2, 0.25) is 0 Å². The number of hydrogen-bond donors (Lipinski definition) is 16. The molecule has 0 saturated carbocycles. The molecule has 4 saturated heterocycles. The molecule has 21 atom stereocenters. The highest BCUT2D eigenvalue weighted by Gasteiger charge is 2.61. The van der Waals surface area contributed by atoms with Gasteiger partial charge in [0.1, 0.15) is 91.6 Å². The second kappa shape index (κ2) is 18.6. The van der Waals surface area contributed by atoms with Crippen molar-refractivity contribution in [3.63, 3.8) is 0 Å². The summed E-state index contributed by atoms with van der Waals surface area (Å²) in [5, 5.41) is 158. The van der Waals surface area contributed by atoms with Gasteiger partial charge >= 0.3 is 5.97 Å². The summed E-state index contributed by atoms with van der Waals surface area (Å²) in [5.74, 6) is -6.09. The summed E-state index contributed by atoms with van der Waals surface area (Å²) in [6.07, 6.45) is -39.3. The molecule has 4 rings (SSSR count). The van der Waals surface area contributed by atoms with E-state index in [4.69, 9.17) is 33.2 Å². The first kappa shape index (κ1) is 44.8. The first-order valence-corrected chi connectivity index (χ1v) is 16.7. The molecular formula is C29H49NO24. The molecule has 0 bridgehead atoms. The highest BCUT2D eigenvalue weighted by Crippen LogP contribution is 2.40. The molecule has 0 unspecified atom stereocenters. The van der Waals surface area contributed by atoms with Gasteiger partial charge in [-0.25, -0.2) is 4.79 Å². The van der Waals surface area contributed by atoms with Gasteiger partial charge in [-0.15, -0.1) is 0 Å². The summed E-state index contributed by atoms with van der Waals surface area (Å²) in [5.41, 5.74) is 0. The van der Waals surface area contributed by atoms with Crippen molar-refractivity contribution in [2.24, 2.45) is 0 Å². The van der Waals surface area contributed by atoms with E-state index in [1.807, 2.05) is 0 Å². The predicted octanol–water partition coefficient (Wildman–Crippen LogP) is -10.4. The summed E-state index contributed by atoms with van der Waals surface area (Å²) < 4.78 is 38.9. The molecule has 0 aromatic rings. The molecule has 4 aliphatic heterocycles.